The Morgan fingerprint density at radius 3 is 2.32 bits per heavy atom. The quantitative estimate of drug-likeness (QED) is 0.341. The van der Waals surface area contributed by atoms with Crippen LogP contribution >= 0.6 is 23.2 Å². The standard InChI is InChI=1S/C31H37Cl2N7O4/c32-24-11-23(12-25(33)13-24)28-9-22(17-38-3-1-21(2-4-38)14-34-29(42)18-41)10-30(37-28)44-27-15-35-31(36-16-27)40-7-5-39(6-8-40)26-19-43-20-26/h9-13,15-16,21,26,41H,1-8,14,17-20H2,(H,34,42). The van der Waals surface area contributed by atoms with Gasteiger partial charge in [0.25, 0.3) is 0 Å². The second-order valence-corrected chi connectivity index (χ2v) is 12.4. The summed E-state index contributed by atoms with van der Waals surface area (Å²) in [5, 5.41) is 12.8. The van der Waals surface area contributed by atoms with Gasteiger partial charge in [0.1, 0.15) is 6.61 Å². The van der Waals surface area contributed by atoms with Crippen molar-refractivity contribution in [1.82, 2.24) is 30.1 Å². The number of aliphatic hydroxyl groups is 1. The molecule has 0 radical (unpaired) electrons. The van der Waals surface area contributed by atoms with Crippen molar-refractivity contribution in [3.8, 4) is 22.9 Å². The molecular weight excluding hydrogens is 605 g/mol. The van der Waals surface area contributed by atoms with Crippen molar-refractivity contribution in [2.75, 3.05) is 70.5 Å². The fraction of sp³-hybridized carbons (Fsp3) is 0.484. The summed E-state index contributed by atoms with van der Waals surface area (Å²) < 4.78 is 11.5. The van der Waals surface area contributed by atoms with Gasteiger partial charge < -0.3 is 24.8 Å². The molecule has 3 aromatic rings. The molecule has 0 saturated carbocycles. The first-order valence-electron chi connectivity index (χ1n) is 15.1. The molecule has 3 fully saturated rings. The van der Waals surface area contributed by atoms with Crippen molar-refractivity contribution >= 4 is 35.1 Å². The molecule has 3 saturated heterocycles. The van der Waals surface area contributed by atoms with Crippen LogP contribution in [0.3, 0.4) is 0 Å². The molecule has 44 heavy (non-hydrogen) atoms. The number of nitrogens with zero attached hydrogens (tertiary/aromatic N) is 6. The summed E-state index contributed by atoms with van der Waals surface area (Å²) in [5.74, 6) is 1.69. The zero-order valence-corrected chi connectivity index (χ0v) is 26.0. The van der Waals surface area contributed by atoms with Crippen LogP contribution in [0.2, 0.25) is 10.0 Å². The molecular formula is C31H37Cl2N7O4. The lowest BCUT2D eigenvalue weighted by atomic mass is 9.96. The van der Waals surface area contributed by atoms with E-state index in [1.54, 1.807) is 18.5 Å². The number of ether oxygens (including phenoxy) is 2. The number of halogens is 2. The van der Waals surface area contributed by atoms with Gasteiger partial charge in [0.2, 0.25) is 17.7 Å². The van der Waals surface area contributed by atoms with Crippen LogP contribution in [-0.4, -0.2) is 107 Å². The van der Waals surface area contributed by atoms with E-state index in [9.17, 15) is 4.79 Å². The molecule has 3 aliphatic rings. The molecule has 2 N–H and O–H groups in total. The van der Waals surface area contributed by atoms with Crippen molar-refractivity contribution in [2.24, 2.45) is 5.92 Å². The van der Waals surface area contributed by atoms with Crippen LogP contribution in [0.1, 0.15) is 18.4 Å². The first-order chi connectivity index (χ1) is 21.4. The Labute approximate surface area is 267 Å². The number of piperidine rings is 1. The number of rotatable bonds is 10. The number of anilines is 1. The average Bonchev–Trinajstić information content (AvgIpc) is 3.00. The Balaban J connectivity index is 1.13. The molecule has 0 spiro atoms. The molecule has 234 valence electrons. The van der Waals surface area contributed by atoms with Crippen molar-refractivity contribution in [3.05, 3.63) is 58.3 Å². The summed E-state index contributed by atoms with van der Waals surface area (Å²) in [6.07, 6.45) is 5.31. The van der Waals surface area contributed by atoms with Crippen LogP contribution < -0.4 is 15.0 Å². The first-order valence-corrected chi connectivity index (χ1v) is 15.8. The van der Waals surface area contributed by atoms with Crippen LogP contribution in [0.4, 0.5) is 5.95 Å². The number of benzene rings is 1. The summed E-state index contributed by atoms with van der Waals surface area (Å²) in [4.78, 5) is 32.5. The SMILES string of the molecule is O=C(CO)NCC1CCN(Cc2cc(Oc3cnc(N4CCN(C5COC5)CC4)nc3)nc(-c3cc(Cl)cc(Cl)c3)c2)CC1. The number of amides is 1. The van der Waals surface area contributed by atoms with Gasteiger partial charge in [-0.3, -0.25) is 14.6 Å². The fourth-order valence-corrected chi connectivity index (χ4v) is 6.37. The van der Waals surface area contributed by atoms with E-state index >= 15 is 0 Å². The number of carbonyl (C=O) groups excluding carboxylic acids is 1. The number of likely N-dealkylation sites (tertiary alicyclic amines) is 1. The summed E-state index contributed by atoms with van der Waals surface area (Å²) in [7, 11) is 0. The van der Waals surface area contributed by atoms with Gasteiger partial charge in [-0.1, -0.05) is 23.2 Å². The zero-order valence-electron chi connectivity index (χ0n) is 24.5. The van der Waals surface area contributed by atoms with Gasteiger partial charge in [0, 0.05) is 60.9 Å². The summed E-state index contributed by atoms with van der Waals surface area (Å²) >= 11 is 12.7. The fourth-order valence-electron chi connectivity index (χ4n) is 5.84. The molecule has 11 nitrogen and oxygen atoms in total. The summed E-state index contributed by atoms with van der Waals surface area (Å²) in [6, 6.07) is 9.90. The first kappa shape index (κ1) is 30.9. The molecule has 6 rings (SSSR count). The van der Waals surface area contributed by atoms with Gasteiger partial charge in [-0.25, -0.2) is 15.0 Å². The number of carbonyl (C=O) groups is 1. The second-order valence-electron chi connectivity index (χ2n) is 11.6. The lowest BCUT2D eigenvalue weighted by Crippen LogP contribution is -2.56. The number of aliphatic hydroxyl groups excluding tert-OH is 1. The van der Waals surface area contributed by atoms with Crippen LogP contribution in [0.5, 0.6) is 11.6 Å². The molecule has 0 bridgehead atoms. The van der Waals surface area contributed by atoms with E-state index in [1.807, 2.05) is 24.3 Å². The van der Waals surface area contributed by atoms with E-state index in [0.717, 1.165) is 76.5 Å². The van der Waals surface area contributed by atoms with Gasteiger partial charge in [0.05, 0.1) is 37.3 Å². The monoisotopic (exact) mass is 641 g/mol. The van der Waals surface area contributed by atoms with Gasteiger partial charge in [-0.05, 0) is 61.7 Å². The lowest BCUT2D eigenvalue weighted by molar-refractivity contribution is -0.124. The topological polar surface area (TPSA) is 116 Å². The summed E-state index contributed by atoms with van der Waals surface area (Å²) in [5.41, 5.74) is 2.54. The maximum Gasteiger partial charge on any atom is 0.245 e. The minimum atomic E-state index is -0.476. The predicted octanol–water partition coefficient (Wildman–Crippen LogP) is 3.48. The molecule has 3 aliphatic heterocycles. The van der Waals surface area contributed by atoms with E-state index in [1.165, 1.54) is 0 Å². The number of hydrogen-bond donors (Lipinski definition) is 2. The van der Waals surface area contributed by atoms with E-state index < -0.39 is 6.61 Å². The normalized spacial score (nSPS) is 18.7. The van der Waals surface area contributed by atoms with Crippen molar-refractivity contribution in [1.29, 1.82) is 0 Å². The largest absolute Gasteiger partial charge is 0.436 e. The molecule has 1 amide bonds. The third kappa shape index (κ3) is 7.96. The highest BCUT2D eigenvalue weighted by Gasteiger charge is 2.29. The Morgan fingerprint density at radius 2 is 1.68 bits per heavy atom. The van der Waals surface area contributed by atoms with E-state index in [4.69, 9.17) is 42.8 Å². The molecule has 0 unspecified atom stereocenters. The third-order valence-electron chi connectivity index (χ3n) is 8.44. The van der Waals surface area contributed by atoms with E-state index in [2.05, 4.69) is 30.0 Å². The minimum absolute atomic E-state index is 0.330. The van der Waals surface area contributed by atoms with Crippen LogP contribution in [-0.2, 0) is 16.1 Å². The lowest BCUT2D eigenvalue weighted by Gasteiger charge is -2.42. The smallest absolute Gasteiger partial charge is 0.245 e. The number of nitrogens with one attached hydrogen (secondary N) is 1. The van der Waals surface area contributed by atoms with Crippen LogP contribution in [0.15, 0.2) is 42.7 Å². The number of piperazine rings is 1. The number of pyridine rings is 1. The molecule has 0 atom stereocenters. The highest BCUT2D eigenvalue weighted by molar-refractivity contribution is 6.35. The summed E-state index contributed by atoms with van der Waals surface area (Å²) in [6.45, 7) is 7.98. The maximum atomic E-state index is 11.4. The van der Waals surface area contributed by atoms with Crippen molar-refractivity contribution in [3.63, 3.8) is 0 Å². The number of aromatic nitrogens is 3. The van der Waals surface area contributed by atoms with E-state index in [-0.39, 0.29) is 5.91 Å². The zero-order chi connectivity index (χ0) is 30.5. The van der Waals surface area contributed by atoms with Crippen molar-refractivity contribution < 1.29 is 19.4 Å². The van der Waals surface area contributed by atoms with Gasteiger partial charge in [-0.2, -0.15) is 0 Å². The third-order valence-corrected chi connectivity index (χ3v) is 8.87. The van der Waals surface area contributed by atoms with Crippen LogP contribution in [0, 0.1) is 5.92 Å². The Kier molecular flexibility index (Phi) is 10.1. The van der Waals surface area contributed by atoms with Gasteiger partial charge >= 0.3 is 0 Å². The minimum Gasteiger partial charge on any atom is -0.436 e. The maximum absolute atomic E-state index is 11.4. The average molecular weight is 643 g/mol. The number of hydrogen-bond acceptors (Lipinski definition) is 10. The Hall–Kier alpha value is -3.06. The highest BCUT2D eigenvalue weighted by Crippen LogP contribution is 2.31. The van der Waals surface area contributed by atoms with Crippen LogP contribution in [0.25, 0.3) is 11.3 Å². The van der Waals surface area contributed by atoms with Crippen molar-refractivity contribution in [2.45, 2.75) is 25.4 Å². The molecule has 0 aliphatic carbocycles. The molecule has 13 heteroatoms. The van der Waals surface area contributed by atoms with Gasteiger partial charge in [0.15, 0.2) is 5.75 Å². The predicted molar refractivity (Wildman–Crippen MR) is 168 cm³/mol. The highest BCUT2D eigenvalue weighted by atomic mass is 35.5. The van der Waals surface area contributed by atoms with Gasteiger partial charge in [-0.15, -0.1) is 0 Å². The van der Waals surface area contributed by atoms with E-state index in [0.29, 0.717) is 58.4 Å². The molecule has 1 aromatic carbocycles. The molecule has 5 heterocycles. The molecule has 2 aromatic heterocycles. The second kappa shape index (κ2) is 14.4. The Bertz CT molecular complexity index is 1410. The Morgan fingerprint density at radius 1 is 0.977 bits per heavy atom.